The number of aryl methyl sites for hydroxylation is 2. The minimum absolute atomic E-state index is 0.0923. The van der Waals surface area contributed by atoms with E-state index in [9.17, 15) is 19.1 Å². The van der Waals surface area contributed by atoms with E-state index in [0.29, 0.717) is 38.5 Å². The number of fused-ring (bicyclic) bond motifs is 1. The van der Waals surface area contributed by atoms with Crippen LogP contribution in [0.3, 0.4) is 0 Å². The zero-order valence-corrected chi connectivity index (χ0v) is 19.5. The number of carbonyl (C=O) groups is 1. The molecule has 0 aliphatic heterocycles. The van der Waals surface area contributed by atoms with Crippen molar-refractivity contribution in [2.45, 2.75) is 20.8 Å². The number of benzene rings is 2. The van der Waals surface area contributed by atoms with Crippen molar-refractivity contribution in [2.24, 2.45) is 0 Å². The third kappa shape index (κ3) is 3.98. The summed E-state index contributed by atoms with van der Waals surface area (Å²) in [7, 11) is -3.30. The van der Waals surface area contributed by atoms with Gasteiger partial charge in [0.2, 0.25) is 0 Å². The molecule has 0 aliphatic carbocycles. The lowest BCUT2D eigenvalue weighted by molar-refractivity contribution is 0.103. The third-order valence-electron chi connectivity index (χ3n) is 5.29. The summed E-state index contributed by atoms with van der Waals surface area (Å²) in [5.74, 6) is 0.531. The molecule has 32 heavy (non-hydrogen) atoms. The fourth-order valence-corrected chi connectivity index (χ4v) is 4.76. The molecule has 0 spiro atoms. The predicted octanol–water partition coefficient (Wildman–Crippen LogP) is 5.80. The highest BCUT2D eigenvalue weighted by Crippen LogP contribution is 2.47. The smallest absolute Gasteiger partial charge is 0.496 e. The molecule has 2 aromatic heterocycles. The van der Waals surface area contributed by atoms with Gasteiger partial charge in [-0.3, -0.25) is 14.6 Å². The number of carbonyl (C=O) groups excluding carboxylic acids is 1. The number of ketones is 1. The molecule has 0 saturated carbocycles. The van der Waals surface area contributed by atoms with E-state index in [1.165, 1.54) is 11.3 Å². The van der Waals surface area contributed by atoms with Crippen molar-refractivity contribution in [3.63, 3.8) is 0 Å². The second-order valence-electron chi connectivity index (χ2n) is 7.40. The lowest BCUT2D eigenvalue weighted by Gasteiger charge is -2.11. The summed E-state index contributed by atoms with van der Waals surface area (Å²) < 4.78 is 28.0. The van der Waals surface area contributed by atoms with Crippen molar-refractivity contribution in [3.8, 4) is 22.1 Å². The minimum Gasteiger partial charge on any atom is -0.496 e. The van der Waals surface area contributed by atoms with Gasteiger partial charge in [0.1, 0.15) is 5.75 Å². The number of hydrogen-bond acceptors (Lipinski definition) is 6. The van der Waals surface area contributed by atoms with Crippen LogP contribution < -0.4 is 9.26 Å². The van der Waals surface area contributed by atoms with Crippen molar-refractivity contribution >= 4 is 35.9 Å². The van der Waals surface area contributed by atoms with Crippen LogP contribution in [0.4, 0.5) is 0 Å². The highest BCUT2D eigenvalue weighted by molar-refractivity contribution is 7.46. The minimum atomic E-state index is -4.85. The van der Waals surface area contributed by atoms with Gasteiger partial charge in [0, 0.05) is 10.9 Å². The maximum absolute atomic E-state index is 13.7. The van der Waals surface area contributed by atoms with E-state index >= 15 is 0 Å². The Labute approximate surface area is 188 Å². The molecule has 4 rings (SSSR count). The summed E-state index contributed by atoms with van der Waals surface area (Å²) in [6.07, 6.45) is 0. The molecule has 166 valence electrons. The molecule has 0 saturated heterocycles. The molecule has 9 heteroatoms. The van der Waals surface area contributed by atoms with E-state index in [4.69, 9.17) is 13.7 Å². The first-order valence-corrected chi connectivity index (χ1v) is 12.1. The Kier molecular flexibility index (Phi) is 5.73. The lowest BCUT2D eigenvalue weighted by atomic mass is 9.96. The summed E-state index contributed by atoms with van der Waals surface area (Å²) >= 11 is 1.39. The van der Waals surface area contributed by atoms with Crippen molar-refractivity contribution in [1.29, 1.82) is 0 Å². The first-order valence-electron chi connectivity index (χ1n) is 9.65. The molecule has 2 heterocycles. The predicted molar refractivity (Wildman–Crippen MR) is 123 cm³/mol. The fraction of sp³-hybridized carbons (Fsp3) is 0.174. The highest BCUT2D eigenvalue weighted by atomic mass is 32.1. The Bertz CT molecular complexity index is 1380. The molecule has 2 N–H and O–H groups in total. The standard InChI is InChI=1S/C23H21O7PS/c1-12-7-8-16-19(20(24)15-10-13(2)14(3)17(11-15)28-4)23(18-6-5-9-32-18)29-22(16)21(12)30-31(25,26)27/h5-11H,1-4H3,(H2,25,26,27). The normalized spacial score (nSPS) is 11.7. The number of ether oxygens (including phenoxy) is 1. The van der Waals surface area contributed by atoms with Gasteiger partial charge in [0.15, 0.2) is 22.9 Å². The molecule has 0 fully saturated rings. The van der Waals surface area contributed by atoms with Gasteiger partial charge in [0.25, 0.3) is 0 Å². The highest BCUT2D eigenvalue weighted by Gasteiger charge is 2.29. The number of hydrogen-bond donors (Lipinski definition) is 2. The summed E-state index contributed by atoms with van der Waals surface area (Å²) in [5, 5.41) is 2.26. The molecule has 2 aromatic carbocycles. The van der Waals surface area contributed by atoms with Crippen LogP contribution in [-0.2, 0) is 4.57 Å². The molecule has 0 radical (unpaired) electrons. The van der Waals surface area contributed by atoms with E-state index in [-0.39, 0.29) is 17.1 Å². The van der Waals surface area contributed by atoms with Gasteiger partial charge in [-0.25, -0.2) is 4.57 Å². The molecule has 0 amide bonds. The van der Waals surface area contributed by atoms with E-state index in [1.807, 2.05) is 31.4 Å². The second-order valence-corrected chi connectivity index (χ2v) is 9.51. The number of phosphoric ester groups is 1. The third-order valence-corrected chi connectivity index (χ3v) is 6.58. The molecule has 0 bridgehead atoms. The van der Waals surface area contributed by atoms with E-state index in [2.05, 4.69) is 0 Å². The number of thiophene rings is 1. The fourth-order valence-electron chi connectivity index (χ4n) is 3.59. The molecule has 0 atom stereocenters. The molecule has 0 unspecified atom stereocenters. The summed E-state index contributed by atoms with van der Waals surface area (Å²) in [4.78, 5) is 33.2. The van der Waals surface area contributed by atoms with Crippen LogP contribution in [0.25, 0.3) is 21.6 Å². The summed E-state index contributed by atoms with van der Waals surface area (Å²) in [6.45, 7) is 5.46. The Balaban J connectivity index is 2.01. The Morgan fingerprint density at radius 1 is 1.09 bits per heavy atom. The van der Waals surface area contributed by atoms with Crippen molar-refractivity contribution in [1.82, 2.24) is 0 Å². The quantitative estimate of drug-likeness (QED) is 0.270. The van der Waals surface area contributed by atoms with Crippen molar-refractivity contribution < 1.29 is 32.8 Å². The molecular formula is C23H21O7PS. The average Bonchev–Trinajstić information content (AvgIpc) is 3.38. The number of phosphoric acid groups is 1. The van der Waals surface area contributed by atoms with Crippen LogP contribution in [0.2, 0.25) is 0 Å². The number of rotatable bonds is 6. The van der Waals surface area contributed by atoms with Crippen molar-refractivity contribution in [2.75, 3.05) is 7.11 Å². The van der Waals surface area contributed by atoms with Gasteiger partial charge < -0.3 is 13.7 Å². The molecule has 7 nitrogen and oxygen atoms in total. The van der Waals surface area contributed by atoms with E-state index in [1.54, 1.807) is 38.3 Å². The Hall–Kier alpha value is -2.90. The SMILES string of the molecule is COc1cc(C(=O)c2c(-c3cccs3)oc3c(OP(=O)(O)O)c(C)ccc23)cc(C)c1C. The van der Waals surface area contributed by atoms with Gasteiger partial charge in [-0.05, 0) is 67.1 Å². The largest absolute Gasteiger partial charge is 0.524 e. The lowest BCUT2D eigenvalue weighted by Crippen LogP contribution is -2.04. The Morgan fingerprint density at radius 3 is 2.47 bits per heavy atom. The Morgan fingerprint density at radius 2 is 1.84 bits per heavy atom. The van der Waals surface area contributed by atoms with E-state index in [0.717, 1.165) is 11.1 Å². The molecule has 0 aliphatic rings. The van der Waals surface area contributed by atoms with Crippen molar-refractivity contribution in [3.05, 3.63) is 69.6 Å². The first kappa shape index (κ1) is 22.3. The second kappa shape index (κ2) is 8.22. The zero-order chi connectivity index (χ0) is 23.2. The van der Waals surface area contributed by atoms with Gasteiger partial charge >= 0.3 is 7.82 Å². The van der Waals surface area contributed by atoms with Gasteiger partial charge in [-0.1, -0.05) is 12.1 Å². The van der Waals surface area contributed by atoms with Crippen LogP contribution >= 0.6 is 19.2 Å². The maximum atomic E-state index is 13.7. The topological polar surface area (TPSA) is 106 Å². The van der Waals surface area contributed by atoms with Gasteiger partial charge in [0.05, 0.1) is 17.6 Å². The van der Waals surface area contributed by atoms with Crippen LogP contribution in [0.5, 0.6) is 11.5 Å². The van der Waals surface area contributed by atoms with Crippen LogP contribution in [-0.4, -0.2) is 22.7 Å². The monoisotopic (exact) mass is 472 g/mol. The van der Waals surface area contributed by atoms with Gasteiger partial charge in [-0.15, -0.1) is 11.3 Å². The van der Waals surface area contributed by atoms with Crippen LogP contribution in [0, 0.1) is 20.8 Å². The maximum Gasteiger partial charge on any atom is 0.524 e. The summed E-state index contributed by atoms with van der Waals surface area (Å²) in [5.41, 5.74) is 3.13. The number of methoxy groups -OCH3 is 1. The van der Waals surface area contributed by atoms with E-state index < -0.39 is 7.82 Å². The first-order chi connectivity index (χ1) is 15.1. The average molecular weight is 472 g/mol. The summed E-state index contributed by atoms with van der Waals surface area (Å²) in [6, 6.07) is 10.5. The molecule has 4 aromatic rings. The van der Waals surface area contributed by atoms with Gasteiger partial charge in [-0.2, -0.15) is 0 Å². The van der Waals surface area contributed by atoms with Crippen LogP contribution in [0.15, 0.2) is 46.2 Å². The number of furan rings is 1. The molecular weight excluding hydrogens is 451 g/mol. The van der Waals surface area contributed by atoms with Crippen LogP contribution in [0.1, 0.15) is 32.6 Å². The zero-order valence-electron chi connectivity index (χ0n) is 17.8.